The van der Waals surface area contributed by atoms with Crippen LogP contribution in [-0.4, -0.2) is 51.3 Å². The number of fused-ring (bicyclic) bond motifs is 3. The molecule has 33 heavy (non-hydrogen) atoms. The molecule has 1 fully saturated rings. The maximum Gasteiger partial charge on any atom is 0.410 e. The summed E-state index contributed by atoms with van der Waals surface area (Å²) in [4.78, 5) is 25.8. The van der Waals surface area contributed by atoms with Crippen LogP contribution in [0.2, 0.25) is 5.02 Å². The standard InChI is InChI=1S/C25H31ClN4O3/c1-15-11-19(31)21-20(15)22(28-14-27-21)30-13-25(17-12-16(26)5-6-18(17)30)7-9-29(10-8-25)23(32)33-24(2,3)4/h5-6,12,14-15,19,31H,7-11,13H2,1-4H3/t15-,19?/m1/s1. The highest BCUT2D eigenvalue weighted by molar-refractivity contribution is 6.30. The molecule has 0 radical (unpaired) electrons. The van der Waals surface area contributed by atoms with Crippen molar-refractivity contribution in [1.82, 2.24) is 14.9 Å². The Bertz CT molecular complexity index is 1090. The van der Waals surface area contributed by atoms with Crippen molar-refractivity contribution in [3.05, 3.63) is 46.4 Å². The lowest BCUT2D eigenvalue weighted by Gasteiger charge is -2.40. The second-order valence-electron chi connectivity index (χ2n) is 10.6. The topological polar surface area (TPSA) is 78.8 Å². The lowest BCUT2D eigenvalue weighted by molar-refractivity contribution is 0.0171. The first-order chi connectivity index (χ1) is 15.6. The van der Waals surface area contributed by atoms with E-state index in [1.165, 1.54) is 5.56 Å². The summed E-state index contributed by atoms with van der Waals surface area (Å²) >= 11 is 6.45. The molecule has 2 atom stereocenters. The van der Waals surface area contributed by atoms with Gasteiger partial charge in [-0.2, -0.15) is 0 Å². The minimum absolute atomic E-state index is 0.128. The van der Waals surface area contributed by atoms with Crippen molar-refractivity contribution < 1.29 is 14.6 Å². The number of anilines is 2. The molecule has 3 aliphatic rings. The number of carbonyl (C=O) groups excluding carboxylic acids is 1. The first kappa shape index (κ1) is 22.4. The van der Waals surface area contributed by atoms with Crippen LogP contribution in [0.15, 0.2) is 24.5 Å². The molecular weight excluding hydrogens is 440 g/mol. The van der Waals surface area contributed by atoms with E-state index in [9.17, 15) is 9.90 Å². The lowest BCUT2D eigenvalue weighted by Crippen LogP contribution is -2.48. The summed E-state index contributed by atoms with van der Waals surface area (Å²) in [5, 5.41) is 11.2. The predicted octanol–water partition coefficient (Wildman–Crippen LogP) is 5.09. The molecule has 1 N–H and O–H groups in total. The minimum Gasteiger partial charge on any atom is -0.444 e. The molecule has 1 unspecified atom stereocenters. The second-order valence-corrected chi connectivity index (χ2v) is 11.1. The highest BCUT2D eigenvalue weighted by Gasteiger charge is 2.47. The Morgan fingerprint density at radius 1 is 1.24 bits per heavy atom. The van der Waals surface area contributed by atoms with Crippen molar-refractivity contribution in [3.8, 4) is 0 Å². The van der Waals surface area contributed by atoms with E-state index in [4.69, 9.17) is 16.3 Å². The SMILES string of the molecule is C[C@@H]1CC(O)c2ncnc(N3CC4(CCN(C(=O)OC(C)(C)C)CC4)c4cc(Cl)ccc43)c21. The van der Waals surface area contributed by atoms with Gasteiger partial charge in [0.05, 0.1) is 11.8 Å². The lowest BCUT2D eigenvalue weighted by atomic mass is 9.74. The van der Waals surface area contributed by atoms with Crippen molar-refractivity contribution in [2.75, 3.05) is 24.5 Å². The van der Waals surface area contributed by atoms with E-state index in [2.05, 4.69) is 33.9 Å². The smallest absolute Gasteiger partial charge is 0.410 e. The fourth-order valence-corrected chi connectivity index (χ4v) is 5.79. The third kappa shape index (κ3) is 3.85. The quantitative estimate of drug-likeness (QED) is 0.625. The average molecular weight is 471 g/mol. The number of rotatable bonds is 1. The van der Waals surface area contributed by atoms with E-state index in [0.717, 1.165) is 42.1 Å². The van der Waals surface area contributed by atoms with Crippen LogP contribution in [-0.2, 0) is 10.2 Å². The third-order valence-corrected chi connectivity index (χ3v) is 7.42. The highest BCUT2D eigenvalue weighted by atomic mass is 35.5. The molecular formula is C25H31ClN4O3. The van der Waals surface area contributed by atoms with Crippen LogP contribution in [0.4, 0.5) is 16.3 Å². The number of hydrogen-bond acceptors (Lipinski definition) is 6. The highest BCUT2D eigenvalue weighted by Crippen LogP contribution is 2.52. The molecule has 7 nitrogen and oxygen atoms in total. The average Bonchev–Trinajstić information content (AvgIpc) is 3.21. The van der Waals surface area contributed by atoms with E-state index in [1.54, 1.807) is 6.33 Å². The summed E-state index contributed by atoms with van der Waals surface area (Å²) in [6.07, 6.45) is 3.06. The number of benzene rings is 1. The minimum atomic E-state index is -0.546. The van der Waals surface area contributed by atoms with Gasteiger partial charge in [0.25, 0.3) is 0 Å². The molecule has 0 saturated carbocycles. The summed E-state index contributed by atoms with van der Waals surface area (Å²) in [5.41, 5.74) is 3.44. The first-order valence-electron chi connectivity index (χ1n) is 11.7. The van der Waals surface area contributed by atoms with Crippen LogP contribution in [0.3, 0.4) is 0 Å². The molecule has 1 amide bonds. The third-order valence-electron chi connectivity index (χ3n) is 7.19. The van der Waals surface area contributed by atoms with Crippen molar-refractivity contribution in [1.29, 1.82) is 0 Å². The maximum atomic E-state index is 12.6. The molecule has 3 heterocycles. The maximum absolute atomic E-state index is 12.6. The van der Waals surface area contributed by atoms with E-state index >= 15 is 0 Å². The van der Waals surface area contributed by atoms with Gasteiger partial charge in [0.1, 0.15) is 17.7 Å². The number of amides is 1. The van der Waals surface area contributed by atoms with Crippen LogP contribution in [0.5, 0.6) is 0 Å². The molecule has 2 aromatic rings. The van der Waals surface area contributed by atoms with Crippen LogP contribution in [0.1, 0.15) is 75.8 Å². The first-order valence-corrected chi connectivity index (χ1v) is 12.0. The van der Waals surface area contributed by atoms with Gasteiger partial charge in [-0.15, -0.1) is 0 Å². The van der Waals surface area contributed by atoms with E-state index in [1.807, 2.05) is 31.7 Å². The fourth-order valence-electron chi connectivity index (χ4n) is 5.62. The van der Waals surface area contributed by atoms with Gasteiger partial charge in [-0.05, 0) is 69.7 Å². The Kier molecular flexibility index (Phi) is 5.33. The molecule has 1 aromatic heterocycles. The molecule has 8 heteroatoms. The zero-order valence-corrected chi connectivity index (χ0v) is 20.4. The summed E-state index contributed by atoms with van der Waals surface area (Å²) < 4.78 is 5.59. The van der Waals surface area contributed by atoms with Crippen LogP contribution < -0.4 is 4.90 Å². The van der Waals surface area contributed by atoms with Crippen molar-refractivity contribution in [2.45, 2.75) is 70.0 Å². The zero-order chi connectivity index (χ0) is 23.5. The number of aliphatic hydroxyl groups is 1. The van der Waals surface area contributed by atoms with Crippen molar-refractivity contribution in [2.24, 2.45) is 0 Å². The molecule has 2 aliphatic heterocycles. The Morgan fingerprint density at radius 3 is 2.67 bits per heavy atom. The summed E-state index contributed by atoms with van der Waals surface area (Å²) in [6, 6.07) is 6.05. The Balaban J connectivity index is 1.48. The zero-order valence-electron chi connectivity index (χ0n) is 19.6. The molecule has 1 saturated heterocycles. The number of nitrogens with zero attached hydrogens (tertiary/aromatic N) is 4. The number of aliphatic hydroxyl groups excluding tert-OH is 1. The van der Waals surface area contributed by atoms with Crippen LogP contribution in [0.25, 0.3) is 0 Å². The largest absolute Gasteiger partial charge is 0.444 e. The monoisotopic (exact) mass is 470 g/mol. The summed E-state index contributed by atoms with van der Waals surface area (Å²) in [6.45, 7) is 9.81. The number of halogens is 1. The van der Waals surface area contributed by atoms with Crippen molar-refractivity contribution >= 4 is 29.2 Å². The van der Waals surface area contributed by atoms with Gasteiger partial charge in [0.15, 0.2) is 0 Å². The normalized spacial score (nSPS) is 23.6. The second kappa shape index (κ2) is 7.84. The van der Waals surface area contributed by atoms with E-state index in [0.29, 0.717) is 24.5 Å². The number of carbonyl (C=O) groups is 1. The number of likely N-dealkylation sites (tertiary alicyclic amines) is 1. The van der Waals surface area contributed by atoms with E-state index < -0.39 is 11.7 Å². The molecule has 1 aromatic carbocycles. The molecule has 1 spiro atoms. The predicted molar refractivity (Wildman–Crippen MR) is 127 cm³/mol. The van der Waals surface area contributed by atoms with Crippen LogP contribution >= 0.6 is 11.6 Å². The Labute approximate surface area is 199 Å². The van der Waals surface area contributed by atoms with Gasteiger partial charge < -0.3 is 19.6 Å². The van der Waals surface area contributed by atoms with Gasteiger partial charge >= 0.3 is 6.09 Å². The summed E-state index contributed by atoms with van der Waals surface area (Å²) in [7, 11) is 0. The summed E-state index contributed by atoms with van der Waals surface area (Å²) in [5.74, 6) is 1.06. The molecule has 1 aliphatic carbocycles. The van der Waals surface area contributed by atoms with Crippen LogP contribution in [0, 0.1) is 0 Å². The molecule has 0 bridgehead atoms. The van der Waals surface area contributed by atoms with E-state index in [-0.39, 0.29) is 17.4 Å². The number of ether oxygens (including phenoxy) is 1. The van der Waals surface area contributed by atoms with Gasteiger partial charge in [-0.25, -0.2) is 14.8 Å². The number of hydrogen-bond donors (Lipinski definition) is 1. The van der Waals surface area contributed by atoms with Crippen molar-refractivity contribution in [3.63, 3.8) is 0 Å². The number of aromatic nitrogens is 2. The van der Waals surface area contributed by atoms with Gasteiger partial charge in [0.2, 0.25) is 0 Å². The Morgan fingerprint density at radius 2 is 1.97 bits per heavy atom. The molecule has 5 rings (SSSR count). The molecule has 176 valence electrons. The van der Waals surface area contributed by atoms with Gasteiger partial charge in [-0.3, -0.25) is 0 Å². The number of piperidine rings is 1. The van der Waals surface area contributed by atoms with Gasteiger partial charge in [-0.1, -0.05) is 18.5 Å². The van der Waals surface area contributed by atoms with Gasteiger partial charge in [0, 0.05) is 41.3 Å². The Hall–Kier alpha value is -2.38. The fraction of sp³-hybridized carbons (Fsp3) is 0.560.